The van der Waals surface area contributed by atoms with Gasteiger partial charge in [0.05, 0.1) is 13.0 Å². The number of ether oxygens (including phenoxy) is 1. The largest absolute Gasteiger partial charge is 0.497 e. The smallest absolute Gasteiger partial charge is 0.231 e. The summed E-state index contributed by atoms with van der Waals surface area (Å²) in [6.45, 7) is 3.00. The molecule has 1 N–H and O–H groups in total. The lowest BCUT2D eigenvalue weighted by Crippen LogP contribution is -2.38. The van der Waals surface area contributed by atoms with Crippen LogP contribution in [0.15, 0.2) is 42.7 Å². The number of nitrogens with zero attached hydrogens (tertiary/aromatic N) is 2. The summed E-state index contributed by atoms with van der Waals surface area (Å²) >= 11 is 0. The number of hydrogen-bond acceptors (Lipinski definition) is 4. The number of amides is 2. The lowest BCUT2D eigenvalue weighted by Gasteiger charge is -2.30. The minimum atomic E-state index is -0.499. The Kier molecular flexibility index (Phi) is 4.97. The number of pyridine rings is 1. The molecule has 2 aromatic rings. The van der Waals surface area contributed by atoms with Gasteiger partial charge in [-0.1, -0.05) is 0 Å². The highest BCUT2D eigenvalue weighted by molar-refractivity contribution is 6.01. The van der Waals surface area contributed by atoms with Crippen molar-refractivity contribution in [2.24, 2.45) is 0 Å². The van der Waals surface area contributed by atoms with Crippen molar-refractivity contribution in [3.05, 3.63) is 53.9 Å². The normalized spacial score (nSPS) is 15.9. The molecule has 0 saturated carbocycles. The number of fused-ring (bicyclic) bond motifs is 1. The Morgan fingerprint density at radius 1 is 1.32 bits per heavy atom. The molecule has 130 valence electrons. The Morgan fingerprint density at radius 3 is 2.76 bits per heavy atom. The number of benzene rings is 1. The first kappa shape index (κ1) is 17.0. The minimum absolute atomic E-state index is 0.0522. The van der Waals surface area contributed by atoms with Gasteiger partial charge in [-0.15, -0.1) is 0 Å². The van der Waals surface area contributed by atoms with E-state index in [1.165, 1.54) is 0 Å². The van der Waals surface area contributed by atoms with Crippen LogP contribution in [-0.4, -0.2) is 35.4 Å². The molecule has 0 bridgehead atoms. The van der Waals surface area contributed by atoms with E-state index in [2.05, 4.69) is 10.3 Å². The maximum atomic E-state index is 13.1. The first-order chi connectivity index (χ1) is 12.1. The van der Waals surface area contributed by atoms with E-state index in [9.17, 15) is 9.59 Å². The monoisotopic (exact) mass is 339 g/mol. The van der Waals surface area contributed by atoms with Gasteiger partial charge in [0.25, 0.3) is 0 Å². The fraction of sp³-hybridized carbons (Fsp3) is 0.316. The van der Waals surface area contributed by atoms with Gasteiger partial charge in [0, 0.05) is 37.6 Å². The van der Waals surface area contributed by atoms with Crippen molar-refractivity contribution in [2.75, 3.05) is 19.0 Å². The van der Waals surface area contributed by atoms with Crippen LogP contribution in [0.5, 0.6) is 5.75 Å². The van der Waals surface area contributed by atoms with E-state index in [4.69, 9.17) is 4.74 Å². The van der Waals surface area contributed by atoms with Crippen LogP contribution in [0, 0.1) is 0 Å². The highest BCUT2D eigenvalue weighted by atomic mass is 16.5. The Morgan fingerprint density at radius 2 is 2.08 bits per heavy atom. The molecule has 6 nitrogen and oxygen atoms in total. The fourth-order valence-electron chi connectivity index (χ4n) is 3.06. The van der Waals surface area contributed by atoms with Gasteiger partial charge in [-0.3, -0.25) is 14.6 Å². The van der Waals surface area contributed by atoms with E-state index in [0.717, 1.165) is 11.1 Å². The van der Waals surface area contributed by atoms with Gasteiger partial charge in [0.15, 0.2) is 0 Å². The van der Waals surface area contributed by atoms with E-state index >= 15 is 0 Å². The molecule has 0 fully saturated rings. The van der Waals surface area contributed by atoms with E-state index in [1.807, 2.05) is 25.1 Å². The van der Waals surface area contributed by atoms with E-state index in [1.54, 1.807) is 36.5 Å². The summed E-state index contributed by atoms with van der Waals surface area (Å²) in [5, 5.41) is 2.83. The first-order valence-electron chi connectivity index (χ1n) is 8.27. The molecular formula is C19H21N3O3. The van der Waals surface area contributed by atoms with E-state index in [0.29, 0.717) is 24.5 Å². The number of aromatic nitrogens is 1. The predicted octanol–water partition coefficient (Wildman–Crippen LogP) is 2.56. The van der Waals surface area contributed by atoms with Crippen molar-refractivity contribution in [3.63, 3.8) is 0 Å². The minimum Gasteiger partial charge on any atom is -0.497 e. The number of rotatable bonds is 5. The SMILES string of the molecule is CCN(Cc1ccncc1)C(=O)[C@H]1CC(=O)Nc2ccc(OC)cc21. The van der Waals surface area contributed by atoms with Crippen LogP contribution in [-0.2, 0) is 16.1 Å². The van der Waals surface area contributed by atoms with Crippen molar-refractivity contribution >= 4 is 17.5 Å². The fourth-order valence-corrected chi connectivity index (χ4v) is 3.06. The Balaban J connectivity index is 1.89. The molecule has 1 atom stereocenters. The van der Waals surface area contributed by atoms with Crippen LogP contribution in [0.2, 0.25) is 0 Å². The molecule has 6 heteroatoms. The molecule has 1 aliphatic rings. The van der Waals surface area contributed by atoms with Crippen LogP contribution in [0.4, 0.5) is 5.69 Å². The zero-order chi connectivity index (χ0) is 17.8. The summed E-state index contributed by atoms with van der Waals surface area (Å²) in [5.41, 5.74) is 2.49. The second-order valence-electron chi connectivity index (χ2n) is 5.97. The van der Waals surface area contributed by atoms with Gasteiger partial charge in [-0.25, -0.2) is 0 Å². The highest BCUT2D eigenvalue weighted by Crippen LogP contribution is 2.36. The lowest BCUT2D eigenvalue weighted by atomic mass is 9.89. The molecule has 0 unspecified atom stereocenters. The van der Waals surface area contributed by atoms with Crippen molar-refractivity contribution in [1.82, 2.24) is 9.88 Å². The Hall–Kier alpha value is -2.89. The number of hydrogen-bond donors (Lipinski definition) is 1. The number of nitrogens with one attached hydrogen (secondary N) is 1. The Labute approximate surface area is 146 Å². The molecule has 1 aromatic heterocycles. The molecule has 25 heavy (non-hydrogen) atoms. The van der Waals surface area contributed by atoms with Crippen LogP contribution in [0.25, 0.3) is 0 Å². The molecule has 0 spiro atoms. The number of anilines is 1. The topological polar surface area (TPSA) is 71.5 Å². The summed E-state index contributed by atoms with van der Waals surface area (Å²) in [6, 6.07) is 9.17. The van der Waals surface area contributed by atoms with E-state index in [-0.39, 0.29) is 18.2 Å². The number of methoxy groups -OCH3 is 1. The lowest BCUT2D eigenvalue weighted by molar-refractivity contribution is -0.135. The maximum absolute atomic E-state index is 13.1. The van der Waals surface area contributed by atoms with Gasteiger partial charge >= 0.3 is 0 Å². The average molecular weight is 339 g/mol. The third kappa shape index (κ3) is 3.63. The molecule has 0 aliphatic carbocycles. The summed E-state index contributed by atoms with van der Waals surface area (Å²) in [4.78, 5) is 30.9. The summed E-state index contributed by atoms with van der Waals surface area (Å²) in [6.07, 6.45) is 3.57. The Bertz CT molecular complexity index is 777. The van der Waals surface area contributed by atoms with Gasteiger partial charge in [-0.05, 0) is 48.4 Å². The van der Waals surface area contributed by atoms with Crippen LogP contribution >= 0.6 is 0 Å². The van der Waals surface area contributed by atoms with Crippen molar-refractivity contribution in [3.8, 4) is 5.75 Å². The molecule has 1 aliphatic heterocycles. The maximum Gasteiger partial charge on any atom is 0.231 e. The average Bonchev–Trinajstić information content (AvgIpc) is 2.65. The van der Waals surface area contributed by atoms with Gasteiger partial charge in [-0.2, -0.15) is 0 Å². The van der Waals surface area contributed by atoms with Crippen molar-refractivity contribution in [2.45, 2.75) is 25.8 Å². The van der Waals surface area contributed by atoms with Crippen LogP contribution < -0.4 is 10.1 Å². The number of likely N-dealkylation sites (N-methyl/N-ethyl adjacent to an activating group) is 1. The summed E-state index contributed by atoms with van der Waals surface area (Å²) in [7, 11) is 1.59. The second-order valence-corrected chi connectivity index (χ2v) is 5.97. The molecule has 1 aromatic carbocycles. The van der Waals surface area contributed by atoms with Crippen LogP contribution in [0.3, 0.4) is 0 Å². The van der Waals surface area contributed by atoms with Gasteiger partial charge < -0.3 is 15.0 Å². The highest BCUT2D eigenvalue weighted by Gasteiger charge is 2.33. The molecule has 2 heterocycles. The third-order valence-corrected chi connectivity index (χ3v) is 4.41. The zero-order valence-electron chi connectivity index (χ0n) is 14.4. The molecule has 3 rings (SSSR count). The third-order valence-electron chi connectivity index (χ3n) is 4.41. The molecule has 0 radical (unpaired) electrons. The standard InChI is InChI=1S/C19H21N3O3/c1-3-22(12-13-6-8-20-9-7-13)19(24)16-11-18(23)21-17-5-4-14(25-2)10-15(16)17/h4-10,16H,3,11-12H2,1-2H3,(H,21,23)/t16-/m0/s1. The molecule has 2 amide bonds. The first-order valence-corrected chi connectivity index (χ1v) is 8.27. The number of carbonyl (C=O) groups is 2. The van der Waals surface area contributed by atoms with Crippen molar-refractivity contribution in [1.29, 1.82) is 0 Å². The van der Waals surface area contributed by atoms with Crippen molar-refractivity contribution < 1.29 is 14.3 Å². The van der Waals surface area contributed by atoms with Gasteiger partial charge in [0.2, 0.25) is 11.8 Å². The molecule has 0 saturated heterocycles. The van der Waals surface area contributed by atoms with Crippen LogP contribution in [0.1, 0.15) is 30.4 Å². The van der Waals surface area contributed by atoms with Gasteiger partial charge in [0.1, 0.15) is 5.75 Å². The summed E-state index contributed by atoms with van der Waals surface area (Å²) < 4.78 is 5.27. The van der Waals surface area contributed by atoms with E-state index < -0.39 is 5.92 Å². The second kappa shape index (κ2) is 7.34. The summed E-state index contributed by atoms with van der Waals surface area (Å²) in [5.74, 6) is -0.0230. The quantitative estimate of drug-likeness (QED) is 0.909. The molecular weight excluding hydrogens is 318 g/mol. The number of carbonyl (C=O) groups excluding carboxylic acids is 2. The predicted molar refractivity (Wildman–Crippen MR) is 94.3 cm³/mol. The zero-order valence-corrected chi connectivity index (χ0v) is 14.4.